The summed E-state index contributed by atoms with van der Waals surface area (Å²) in [5.41, 5.74) is 3.36. The zero-order chi connectivity index (χ0) is 26.2. The number of benzene rings is 2. The number of pyridine rings is 1. The molecule has 2 N–H and O–H groups in total. The first-order chi connectivity index (χ1) is 17.7. The smallest absolute Gasteiger partial charge is 0.402 e. The molecule has 0 spiro atoms. The molecule has 0 radical (unpaired) electrons. The highest BCUT2D eigenvalue weighted by Gasteiger charge is 2.33. The third kappa shape index (κ3) is 4.88. The summed E-state index contributed by atoms with van der Waals surface area (Å²) in [7, 11) is 3.21. The lowest BCUT2D eigenvalue weighted by Crippen LogP contribution is -2.23. The summed E-state index contributed by atoms with van der Waals surface area (Å²) in [5.74, 6) is -0.0392. The van der Waals surface area contributed by atoms with E-state index in [1.807, 2.05) is 54.6 Å². The van der Waals surface area contributed by atoms with Crippen LogP contribution < -0.4 is 15.5 Å². The SMILES string of the molecule is C=C1Nc2ccccc2C(c2ccccc2)=N[C@@H]1Nc1nnc(-c2ncc(C(F)(F)F)cc2N(C)C)o1. The summed E-state index contributed by atoms with van der Waals surface area (Å²) in [4.78, 5) is 10.4. The molecule has 0 saturated heterocycles. The second-order valence-electron chi connectivity index (χ2n) is 8.48. The van der Waals surface area contributed by atoms with Gasteiger partial charge in [-0.15, -0.1) is 5.10 Å². The standard InChI is InChI=1S/C26H22F3N7O/c1-15-23(32-21(16-9-5-4-6-10-16)18-11-7-8-12-19(18)31-15)33-25-35-34-24(37-25)22-20(36(2)3)13-17(14-30-22)26(27,28)29/h4-14,23,31H,1H2,2-3H3,(H,33,35)/t23-/m1/s1. The molecule has 1 atom stereocenters. The Morgan fingerprint density at radius 2 is 1.76 bits per heavy atom. The molecule has 0 fully saturated rings. The van der Waals surface area contributed by atoms with Crippen LogP contribution in [0.15, 0.2) is 88.5 Å². The first-order valence-electron chi connectivity index (χ1n) is 11.2. The first-order valence-corrected chi connectivity index (χ1v) is 11.2. The van der Waals surface area contributed by atoms with Crippen LogP contribution in [0.25, 0.3) is 11.6 Å². The number of hydrogen-bond donors (Lipinski definition) is 2. The molecule has 0 amide bonds. The molecule has 2 aromatic carbocycles. The van der Waals surface area contributed by atoms with Crippen molar-refractivity contribution in [1.82, 2.24) is 15.2 Å². The Morgan fingerprint density at radius 1 is 1.03 bits per heavy atom. The van der Waals surface area contributed by atoms with Crippen LogP contribution in [-0.2, 0) is 6.18 Å². The van der Waals surface area contributed by atoms with Crippen LogP contribution in [0.5, 0.6) is 0 Å². The number of aliphatic imine (C=N–C) groups is 1. The molecule has 5 rings (SSSR count). The molecule has 3 heterocycles. The summed E-state index contributed by atoms with van der Waals surface area (Å²) >= 11 is 0. The zero-order valence-corrected chi connectivity index (χ0v) is 19.9. The van der Waals surface area contributed by atoms with Crippen molar-refractivity contribution in [3.8, 4) is 11.6 Å². The monoisotopic (exact) mass is 505 g/mol. The van der Waals surface area contributed by atoms with Crippen LogP contribution in [0.1, 0.15) is 16.7 Å². The Morgan fingerprint density at radius 3 is 2.49 bits per heavy atom. The van der Waals surface area contributed by atoms with Crippen LogP contribution >= 0.6 is 0 Å². The van der Waals surface area contributed by atoms with Crippen molar-refractivity contribution in [2.24, 2.45) is 4.99 Å². The number of nitrogens with one attached hydrogen (secondary N) is 2. The van der Waals surface area contributed by atoms with Crippen LogP contribution in [0, 0.1) is 0 Å². The van der Waals surface area contributed by atoms with Crippen molar-refractivity contribution in [1.29, 1.82) is 0 Å². The Bertz CT molecular complexity index is 1480. The first kappa shape index (κ1) is 24.0. The van der Waals surface area contributed by atoms with Gasteiger partial charge < -0.3 is 20.0 Å². The topological polar surface area (TPSA) is 91.5 Å². The number of aromatic nitrogens is 3. The minimum atomic E-state index is -4.53. The minimum absolute atomic E-state index is 0.0106. The molecule has 1 aliphatic heterocycles. The number of alkyl halides is 3. The highest BCUT2D eigenvalue weighted by atomic mass is 19.4. The van der Waals surface area contributed by atoms with E-state index in [1.54, 1.807) is 14.1 Å². The van der Waals surface area contributed by atoms with Gasteiger partial charge in [0, 0.05) is 37.1 Å². The summed E-state index contributed by atoms with van der Waals surface area (Å²) in [5, 5.41) is 14.4. The van der Waals surface area contributed by atoms with Gasteiger partial charge in [-0.2, -0.15) is 13.2 Å². The largest absolute Gasteiger partial charge is 0.417 e. The van der Waals surface area contributed by atoms with Crippen molar-refractivity contribution >= 4 is 23.1 Å². The van der Waals surface area contributed by atoms with Gasteiger partial charge in [0.2, 0.25) is 0 Å². The van der Waals surface area contributed by atoms with Crippen LogP contribution in [0.2, 0.25) is 0 Å². The lowest BCUT2D eigenvalue weighted by atomic mass is 10.0. The average molecular weight is 506 g/mol. The summed E-state index contributed by atoms with van der Waals surface area (Å²) < 4.78 is 45.4. The van der Waals surface area contributed by atoms with Crippen molar-refractivity contribution in [2.45, 2.75) is 12.3 Å². The minimum Gasteiger partial charge on any atom is -0.402 e. The number of hydrogen-bond acceptors (Lipinski definition) is 8. The normalized spacial score (nSPS) is 15.3. The Balaban J connectivity index is 1.49. The molecule has 0 aliphatic carbocycles. The van der Waals surface area contributed by atoms with E-state index in [4.69, 9.17) is 9.41 Å². The van der Waals surface area contributed by atoms with Gasteiger partial charge in [-0.1, -0.05) is 60.2 Å². The Kier molecular flexibility index (Phi) is 6.12. The number of para-hydroxylation sites is 1. The predicted octanol–water partition coefficient (Wildman–Crippen LogP) is 5.43. The molecule has 0 bridgehead atoms. The third-order valence-corrected chi connectivity index (χ3v) is 5.68. The number of halogens is 3. The Labute approximate surface area is 210 Å². The fourth-order valence-electron chi connectivity index (χ4n) is 3.87. The molecule has 1 aliphatic rings. The Hall–Kier alpha value is -4.67. The van der Waals surface area contributed by atoms with Gasteiger partial charge in [0.15, 0.2) is 11.9 Å². The molecule has 0 saturated carbocycles. The van der Waals surface area contributed by atoms with Gasteiger partial charge in [-0.05, 0) is 12.1 Å². The summed E-state index contributed by atoms with van der Waals surface area (Å²) in [6.45, 7) is 4.12. The van der Waals surface area contributed by atoms with Gasteiger partial charge >= 0.3 is 12.2 Å². The fraction of sp³-hybridized carbons (Fsp3) is 0.154. The number of nitrogens with zero attached hydrogens (tertiary/aromatic N) is 5. The van der Waals surface area contributed by atoms with E-state index in [2.05, 4.69) is 32.4 Å². The zero-order valence-electron chi connectivity index (χ0n) is 19.9. The molecular weight excluding hydrogens is 483 g/mol. The molecule has 0 unspecified atom stereocenters. The number of rotatable bonds is 5. The predicted molar refractivity (Wildman–Crippen MR) is 136 cm³/mol. The second kappa shape index (κ2) is 9.41. The van der Waals surface area contributed by atoms with E-state index in [0.717, 1.165) is 34.8 Å². The van der Waals surface area contributed by atoms with Gasteiger partial charge in [-0.25, -0.2) is 4.98 Å². The van der Waals surface area contributed by atoms with Crippen LogP contribution in [0.4, 0.5) is 30.6 Å². The van der Waals surface area contributed by atoms with E-state index >= 15 is 0 Å². The van der Waals surface area contributed by atoms with Gasteiger partial charge in [0.25, 0.3) is 5.89 Å². The van der Waals surface area contributed by atoms with Crippen molar-refractivity contribution in [2.75, 3.05) is 29.6 Å². The highest BCUT2D eigenvalue weighted by Crippen LogP contribution is 2.35. The fourth-order valence-corrected chi connectivity index (χ4v) is 3.87. The molecule has 2 aromatic heterocycles. The quantitative estimate of drug-likeness (QED) is 0.374. The maximum Gasteiger partial charge on any atom is 0.417 e. The van der Waals surface area contributed by atoms with Gasteiger partial charge in [-0.3, -0.25) is 4.99 Å². The highest BCUT2D eigenvalue weighted by molar-refractivity contribution is 6.16. The van der Waals surface area contributed by atoms with E-state index in [0.29, 0.717) is 5.70 Å². The maximum absolute atomic E-state index is 13.2. The molecule has 4 aromatic rings. The average Bonchev–Trinajstić information content (AvgIpc) is 3.29. The third-order valence-electron chi connectivity index (χ3n) is 5.68. The number of fused-ring (bicyclic) bond motifs is 1. The molecular formula is C26H22F3N7O. The summed E-state index contributed by atoms with van der Waals surface area (Å²) in [6, 6.07) is 18.5. The van der Waals surface area contributed by atoms with Crippen molar-refractivity contribution in [3.05, 3.63) is 95.8 Å². The maximum atomic E-state index is 13.2. The van der Waals surface area contributed by atoms with Crippen molar-refractivity contribution < 1.29 is 17.6 Å². The van der Waals surface area contributed by atoms with Gasteiger partial charge in [0.05, 0.1) is 22.7 Å². The lowest BCUT2D eigenvalue weighted by Gasteiger charge is -2.17. The van der Waals surface area contributed by atoms with E-state index in [1.165, 1.54) is 4.90 Å². The lowest BCUT2D eigenvalue weighted by molar-refractivity contribution is -0.137. The van der Waals surface area contributed by atoms with Crippen LogP contribution in [0.3, 0.4) is 0 Å². The van der Waals surface area contributed by atoms with Crippen LogP contribution in [-0.4, -0.2) is 41.2 Å². The van der Waals surface area contributed by atoms with Gasteiger partial charge in [0.1, 0.15) is 0 Å². The van der Waals surface area contributed by atoms with E-state index in [9.17, 15) is 13.2 Å². The molecule has 37 heavy (non-hydrogen) atoms. The van der Waals surface area contributed by atoms with E-state index < -0.39 is 17.9 Å². The molecule has 11 heteroatoms. The number of benzodiazepines with no additional fused rings is 1. The molecule has 8 nitrogen and oxygen atoms in total. The summed E-state index contributed by atoms with van der Waals surface area (Å²) in [6.07, 6.45) is -4.48. The van der Waals surface area contributed by atoms with Crippen molar-refractivity contribution in [3.63, 3.8) is 0 Å². The number of anilines is 3. The second-order valence-corrected chi connectivity index (χ2v) is 8.48. The van der Waals surface area contributed by atoms with E-state index in [-0.39, 0.29) is 23.3 Å². The molecule has 188 valence electrons.